The first-order chi connectivity index (χ1) is 12.3. The first-order valence-corrected chi connectivity index (χ1v) is 9.96. The minimum Gasteiger partial charge on any atom is -0.462 e. The van der Waals surface area contributed by atoms with Crippen molar-refractivity contribution in [3.63, 3.8) is 0 Å². The van der Waals surface area contributed by atoms with E-state index in [9.17, 15) is 9.59 Å². The van der Waals surface area contributed by atoms with Crippen molar-refractivity contribution < 1.29 is 19.1 Å². The van der Waals surface area contributed by atoms with E-state index in [4.69, 9.17) is 9.47 Å². The van der Waals surface area contributed by atoms with E-state index in [0.717, 1.165) is 30.6 Å². The van der Waals surface area contributed by atoms with E-state index >= 15 is 0 Å². The molecule has 3 unspecified atom stereocenters. The first kappa shape index (κ1) is 19.2. The summed E-state index contributed by atoms with van der Waals surface area (Å²) in [5.41, 5.74) is 1.16. The zero-order valence-corrected chi connectivity index (χ0v) is 16.2. The van der Waals surface area contributed by atoms with Gasteiger partial charge in [0.25, 0.3) is 0 Å². The van der Waals surface area contributed by atoms with Gasteiger partial charge in [-0.3, -0.25) is 0 Å². The number of hydrogen-bond acceptors (Lipinski definition) is 4. The maximum absolute atomic E-state index is 11.7. The van der Waals surface area contributed by atoms with E-state index in [0.29, 0.717) is 30.3 Å². The molecule has 4 rings (SSSR count). The van der Waals surface area contributed by atoms with E-state index in [1.807, 2.05) is 0 Å². The topological polar surface area (TPSA) is 52.6 Å². The van der Waals surface area contributed by atoms with Crippen LogP contribution in [-0.2, 0) is 19.1 Å². The van der Waals surface area contributed by atoms with Gasteiger partial charge in [0.15, 0.2) is 0 Å². The third kappa shape index (κ3) is 3.89. The van der Waals surface area contributed by atoms with Gasteiger partial charge in [0, 0.05) is 11.1 Å². The van der Waals surface area contributed by atoms with E-state index in [-0.39, 0.29) is 17.4 Å². The van der Waals surface area contributed by atoms with Crippen LogP contribution in [0.2, 0.25) is 0 Å². The molecule has 4 heteroatoms. The molecule has 0 radical (unpaired) electrons. The highest BCUT2D eigenvalue weighted by molar-refractivity contribution is 5.87. The quantitative estimate of drug-likeness (QED) is 0.474. The zero-order valence-electron chi connectivity index (χ0n) is 16.2. The lowest BCUT2D eigenvalue weighted by molar-refractivity contribution is -0.151. The van der Waals surface area contributed by atoms with Crippen molar-refractivity contribution in [2.24, 2.45) is 29.1 Å². The Morgan fingerprint density at radius 3 is 2.00 bits per heavy atom. The molecule has 0 amide bonds. The summed E-state index contributed by atoms with van der Waals surface area (Å²) in [5, 5.41) is 0. The molecule has 4 aliphatic rings. The molecule has 0 saturated heterocycles. The highest BCUT2D eigenvalue weighted by Gasteiger charge is 2.56. The SMILES string of the molecule is C=C(C)C(=O)OCCC1C2CC3CC(C2)CC1(CCOC(=O)C(=C)C)C3. The maximum Gasteiger partial charge on any atom is 0.333 e. The summed E-state index contributed by atoms with van der Waals surface area (Å²) < 4.78 is 10.8. The van der Waals surface area contributed by atoms with Gasteiger partial charge in [-0.15, -0.1) is 0 Å². The van der Waals surface area contributed by atoms with Crippen LogP contribution in [0.4, 0.5) is 0 Å². The number of carbonyl (C=O) groups is 2. The van der Waals surface area contributed by atoms with Crippen molar-refractivity contribution in [3.05, 3.63) is 24.3 Å². The molecule has 4 saturated carbocycles. The molecule has 0 aromatic rings. The second-order valence-electron chi connectivity index (χ2n) is 8.95. The average molecular weight is 360 g/mol. The highest BCUT2D eigenvalue weighted by Crippen LogP contribution is 2.65. The van der Waals surface area contributed by atoms with Gasteiger partial charge in [0.1, 0.15) is 0 Å². The highest BCUT2D eigenvalue weighted by atomic mass is 16.5. The Kier molecular flexibility index (Phi) is 5.59. The first-order valence-electron chi connectivity index (χ1n) is 9.96. The molecule has 0 aliphatic heterocycles. The van der Waals surface area contributed by atoms with Crippen molar-refractivity contribution in [1.82, 2.24) is 0 Å². The van der Waals surface area contributed by atoms with Crippen molar-refractivity contribution in [2.75, 3.05) is 13.2 Å². The number of carbonyl (C=O) groups excluding carboxylic acids is 2. The summed E-state index contributed by atoms with van der Waals surface area (Å²) in [6.45, 7) is 11.6. The summed E-state index contributed by atoms with van der Waals surface area (Å²) in [6, 6.07) is 0. The van der Waals surface area contributed by atoms with Crippen molar-refractivity contribution in [3.8, 4) is 0 Å². The predicted molar refractivity (Wildman–Crippen MR) is 100 cm³/mol. The number of hydrogen-bond donors (Lipinski definition) is 0. The summed E-state index contributed by atoms with van der Waals surface area (Å²) >= 11 is 0. The minimum atomic E-state index is -0.293. The van der Waals surface area contributed by atoms with Gasteiger partial charge in [0.05, 0.1) is 13.2 Å². The van der Waals surface area contributed by atoms with E-state index in [1.165, 1.54) is 32.1 Å². The Balaban J connectivity index is 1.63. The summed E-state index contributed by atoms with van der Waals surface area (Å²) in [4.78, 5) is 23.4. The van der Waals surface area contributed by atoms with Crippen LogP contribution in [-0.4, -0.2) is 25.2 Å². The van der Waals surface area contributed by atoms with Gasteiger partial charge in [-0.1, -0.05) is 13.2 Å². The molecule has 0 spiro atoms. The van der Waals surface area contributed by atoms with Crippen LogP contribution in [0.5, 0.6) is 0 Å². The molecule has 144 valence electrons. The molecular weight excluding hydrogens is 328 g/mol. The lowest BCUT2D eigenvalue weighted by Crippen LogP contribution is -2.53. The van der Waals surface area contributed by atoms with Crippen molar-refractivity contribution in [2.45, 2.75) is 58.8 Å². The molecule has 0 aromatic carbocycles. The van der Waals surface area contributed by atoms with Gasteiger partial charge in [-0.2, -0.15) is 0 Å². The van der Waals surface area contributed by atoms with Gasteiger partial charge >= 0.3 is 11.9 Å². The largest absolute Gasteiger partial charge is 0.462 e. The normalized spacial score (nSPS) is 34.4. The van der Waals surface area contributed by atoms with Crippen molar-refractivity contribution >= 4 is 11.9 Å². The Morgan fingerprint density at radius 2 is 1.46 bits per heavy atom. The summed E-state index contributed by atoms with van der Waals surface area (Å²) in [6.07, 6.45) is 8.34. The van der Waals surface area contributed by atoms with E-state index in [1.54, 1.807) is 13.8 Å². The Hall–Kier alpha value is -1.58. The lowest BCUT2D eigenvalue weighted by atomic mass is 9.44. The van der Waals surface area contributed by atoms with Crippen LogP contribution < -0.4 is 0 Å². The third-order valence-corrected chi connectivity index (χ3v) is 6.88. The number of rotatable bonds is 8. The smallest absolute Gasteiger partial charge is 0.333 e. The molecule has 0 N–H and O–H groups in total. The molecule has 4 bridgehead atoms. The van der Waals surface area contributed by atoms with Crippen LogP contribution in [0.1, 0.15) is 58.8 Å². The summed E-state index contributed by atoms with van der Waals surface area (Å²) in [7, 11) is 0. The molecule has 4 fully saturated rings. The fourth-order valence-electron chi connectivity index (χ4n) is 6.12. The standard InChI is InChI=1S/C22H32O4/c1-14(2)20(23)25-7-5-19-18-10-16-9-17(11-18)13-22(19,12-16)6-8-26-21(24)15(3)4/h16-19H,1,3,5-13H2,2,4H3. The van der Waals surface area contributed by atoms with Gasteiger partial charge in [-0.25, -0.2) is 9.59 Å². The Labute approximate surface area is 157 Å². The minimum absolute atomic E-state index is 0.250. The lowest BCUT2D eigenvalue weighted by Gasteiger charge is -2.61. The van der Waals surface area contributed by atoms with Crippen LogP contribution in [0, 0.1) is 29.1 Å². The number of esters is 2. The molecule has 4 aliphatic carbocycles. The van der Waals surface area contributed by atoms with Crippen LogP contribution >= 0.6 is 0 Å². The fourth-order valence-corrected chi connectivity index (χ4v) is 6.12. The molecule has 0 heterocycles. The molecule has 26 heavy (non-hydrogen) atoms. The second kappa shape index (κ2) is 7.58. The average Bonchev–Trinajstić information content (AvgIpc) is 2.56. The van der Waals surface area contributed by atoms with Crippen molar-refractivity contribution in [1.29, 1.82) is 0 Å². The molecule has 3 atom stereocenters. The third-order valence-electron chi connectivity index (χ3n) is 6.88. The van der Waals surface area contributed by atoms with E-state index < -0.39 is 0 Å². The Morgan fingerprint density at radius 1 is 0.923 bits per heavy atom. The molecule has 0 aromatic heterocycles. The van der Waals surface area contributed by atoms with Crippen LogP contribution in [0.15, 0.2) is 24.3 Å². The Bertz CT molecular complexity index is 591. The van der Waals surface area contributed by atoms with Gasteiger partial charge in [0.2, 0.25) is 0 Å². The van der Waals surface area contributed by atoms with Crippen LogP contribution in [0.25, 0.3) is 0 Å². The van der Waals surface area contributed by atoms with E-state index in [2.05, 4.69) is 13.2 Å². The molecule has 4 nitrogen and oxygen atoms in total. The zero-order chi connectivity index (χ0) is 18.9. The van der Waals surface area contributed by atoms with Gasteiger partial charge < -0.3 is 9.47 Å². The monoisotopic (exact) mass is 360 g/mol. The van der Waals surface area contributed by atoms with Crippen LogP contribution in [0.3, 0.4) is 0 Å². The fraction of sp³-hybridized carbons (Fsp3) is 0.727. The maximum atomic E-state index is 11.7. The number of ether oxygens (including phenoxy) is 2. The summed E-state index contributed by atoms with van der Waals surface area (Å²) in [5.74, 6) is 2.38. The molecular formula is C22H32O4. The van der Waals surface area contributed by atoms with Gasteiger partial charge in [-0.05, 0) is 87.9 Å². The second-order valence-corrected chi connectivity index (χ2v) is 8.95. The predicted octanol–water partition coefficient (Wildman–Crippen LogP) is 4.45.